The summed E-state index contributed by atoms with van der Waals surface area (Å²) in [5.74, 6) is 0. The van der Waals surface area contributed by atoms with Gasteiger partial charge in [0.05, 0.1) is 23.7 Å². The molecule has 3 nitrogen and oxygen atoms in total. The summed E-state index contributed by atoms with van der Waals surface area (Å²) in [6, 6.07) is 4.34. The minimum Gasteiger partial charge on any atom is -0.387 e. The normalized spacial score (nSPS) is 12.9. The fourth-order valence-electron chi connectivity index (χ4n) is 1.31. The summed E-state index contributed by atoms with van der Waals surface area (Å²) in [5, 5.41) is 9.59. The fraction of sp³-hybridized carbons (Fsp3) is 0.583. The average molecular weight is 208 g/mol. The van der Waals surface area contributed by atoms with Gasteiger partial charge in [-0.05, 0) is 32.4 Å². The second-order valence-corrected chi connectivity index (χ2v) is 4.07. The highest BCUT2D eigenvalue weighted by Gasteiger charge is 2.08. The number of hydrogen-bond donors (Lipinski definition) is 1. The molecule has 3 heteroatoms. The highest BCUT2D eigenvalue weighted by Crippen LogP contribution is 2.18. The number of rotatable bonds is 4. The van der Waals surface area contributed by atoms with Gasteiger partial charge in [-0.15, -0.1) is 0 Å². The SMILES string of the molecule is CC[C@@H](O)c1ccc(N(C)C(C)C)cn1. The monoisotopic (exact) mass is 208 g/mol. The van der Waals surface area contributed by atoms with Crippen LogP contribution >= 0.6 is 0 Å². The molecule has 0 aliphatic rings. The lowest BCUT2D eigenvalue weighted by atomic mass is 10.2. The van der Waals surface area contributed by atoms with Crippen molar-refractivity contribution < 1.29 is 5.11 Å². The first-order chi connectivity index (χ1) is 7.06. The van der Waals surface area contributed by atoms with E-state index in [1.54, 1.807) is 0 Å². The van der Waals surface area contributed by atoms with Gasteiger partial charge < -0.3 is 10.0 Å². The quantitative estimate of drug-likeness (QED) is 0.825. The van der Waals surface area contributed by atoms with E-state index in [2.05, 4.69) is 23.7 Å². The largest absolute Gasteiger partial charge is 0.387 e. The molecule has 1 atom stereocenters. The molecular weight excluding hydrogens is 188 g/mol. The third kappa shape index (κ3) is 2.93. The molecule has 0 bridgehead atoms. The van der Waals surface area contributed by atoms with Gasteiger partial charge >= 0.3 is 0 Å². The van der Waals surface area contributed by atoms with Crippen molar-refractivity contribution in [3.63, 3.8) is 0 Å². The lowest BCUT2D eigenvalue weighted by Crippen LogP contribution is -2.25. The topological polar surface area (TPSA) is 36.4 Å². The van der Waals surface area contributed by atoms with E-state index in [9.17, 15) is 5.11 Å². The zero-order valence-electron chi connectivity index (χ0n) is 9.94. The fourth-order valence-corrected chi connectivity index (χ4v) is 1.31. The molecule has 0 amide bonds. The number of hydrogen-bond acceptors (Lipinski definition) is 3. The van der Waals surface area contributed by atoms with Crippen LogP contribution in [0.15, 0.2) is 18.3 Å². The van der Waals surface area contributed by atoms with Crippen molar-refractivity contribution >= 4 is 5.69 Å². The van der Waals surface area contributed by atoms with E-state index in [-0.39, 0.29) is 0 Å². The molecule has 0 spiro atoms. The summed E-state index contributed by atoms with van der Waals surface area (Å²) in [7, 11) is 2.04. The lowest BCUT2D eigenvalue weighted by Gasteiger charge is -2.23. The number of aliphatic hydroxyl groups excluding tert-OH is 1. The maximum absolute atomic E-state index is 9.59. The molecule has 0 saturated carbocycles. The zero-order chi connectivity index (χ0) is 11.4. The van der Waals surface area contributed by atoms with Crippen LogP contribution < -0.4 is 4.90 Å². The number of aromatic nitrogens is 1. The summed E-state index contributed by atoms with van der Waals surface area (Å²) >= 11 is 0. The molecule has 1 aromatic heterocycles. The van der Waals surface area contributed by atoms with Gasteiger partial charge in [-0.25, -0.2) is 0 Å². The van der Waals surface area contributed by atoms with Crippen molar-refractivity contribution in [1.82, 2.24) is 4.98 Å². The minimum atomic E-state index is -0.441. The smallest absolute Gasteiger partial charge is 0.0957 e. The predicted octanol–water partition coefficient (Wildman–Crippen LogP) is 2.37. The predicted molar refractivity (Wildman–Crippen MR) is 63.0 cm³/mol. The van der Waals surface area contributed by atoms with Gasteiger partial charge in [0.15, 0.2) is 0 Å². The second kappa shape index (κ2) is 5.12. The van der Waals surface area contributed by atoms with Gasteiger partial charge in [0, 0.05) is 13.1 Å². The van der Waals surface area contributed by atoms with Crippen molar-refractivity contribution in [2.24, 2.45) is 0 Å². The molecular formula is C12H20N2O. The van der Waals surface area contributed by atoms with Crippen molar-refractivity contribution in [3.05, 3.63) is 24.0 Å². The van der Waals surface area contributed by atoms with Crippen LogP contribution in [0.2, 0.25) is 0 Å². The molecule has 1 rings (SSSR count). The van der Waals surface area contributed by atoms with Crippen LogP contribution in [-0.2, 0) is 0 Å². The first kappa shape index (κ1) is 12.0. The van der Waals surface area contributed by atoms with Gasteiger partial charge in [-0.3, -0.25) is 4.98 Å². The van der Waals surface area contributed by atoms with Crippen molar-refractivity contribution in [2.45, 2.75) is 39.3 Å². The third-order valence-corrected chi connectivity index (χ3v) is 2.68. The van der Waals surface area contributed by atoms with E-state index >= 15 is 0 Å². The molecule has 0 radical (unpaired) electrons. The Bertz CT molecular complexity index is 295. The molecule has 0 aliphatic carbocycles. The van der Waals surface area contributed by atoms with Crippen LogP contribution in [0.4, 0.5) is 5.69 Å². The summed E-state index contributed by atoms with van der Waals surface area (Å²) in [6.45, 7) is 6.21. The standard InChI is InChI=1S/C12H20N2O/c1-5-12(15)11-7-6-10(8-13-11)14(4)9(2)3/h6-9,12,15H,5H2,1-4H3/t12-/m1/s1. The Morgan fingerprint density at radius 1 is 1.40 bits per heavy atom. The number of anilines is 1. The number of nitrogens with zero attached hydrogens (tertiary/aromatic N) is 2. The Balaban J connectivity index is 2.80. The van der Waals surface area contributed by atoms with Crippen molar-refractivity contribution in [1.29, 1.82) is 0 Å². The Morgan fingerprint density at radius 3 is 2.47 bits per heavy atom. The highest BCUT2D eigenvalue weighted by atomic mass is 16.3. The maximum Gasteiger partial charge on any atom is 0.0957 e. The van der Waals surface area contributed by atoms with Crippen LogP contribution in [0.5, 0.6) is 0 Å². The Hall–Kier alpha value is -1.09. The van der Waals surface area contributed by atoms with Gasteiger partial charge in [0.2, 0.25) is 0 Å². The molecule has 0 saturated heterocycles. The third-order valence-electron chi connectivity index (χ3n) is 2.68. The number of pyridine rings is 1. The molecule has 1 heterocycles. The molecule has 0 aliphatic heterocycles. The Labute approximate surface area is 91.8 Å². The minimum absolute atomic E-state index is 0.441. The van der Waals surface area contributed by atoms with Gasteiger partial charge in [0.1, 0.15) is 0 Å². The van der Waals surface area contributed by atoms with E-state index in [1.165, 1.54) is 0 Å². The van der Waals surface area contributed by atoms with E-state index in [0.717, 1.165) is 11.4 Å². The second-order valence-electron chi connectivity index (χ2n) is 4.07. The Morgan fingerprint density at radius 2 is 2.07 bits per heavy atom. The molecule has 1 N–H and O–H groups in total. The average Bonchev–Trinajstić information content (AvgIpc) is 2.27. The first-order valence-corrected chi connectivity index (χ1v) is 5.43. The van der Waals surface area contributed by atoms with Crippen molar-refractivity contribution in [2.75, 3.05) is 11.9 Å². The molecule has 0 fully saturated rings. The van der Waals surface area contributed by atoms with Gasteiger partial charge in [-0.1, -0.05) is 6.92 Å². The van der Waals surface area contributed by atoms with E-state index in [4.69, 9.17) is 0 Å². The molecule has 84 valence electrons. The molecule has 1 aromatic rings. The molecule has 15 heavy (non-hydrogen) atoms. The van der Waals surface area contributed by atoms with Crippen LogP contribution in [0, 0.1) is 0 Å². The van der Waals surface area contributed by atoms with Crippen LogP contribution in [0.25, 0.3) is 0 Å². The van der Waals surface area contributed by atoms with Crippen LogP contribution in [-0.4, -0.2) is 23.2 Å². The maximum atomic E-state index is 9.59. The lowest BCUT2D eigenvalue weighted by molar-refractivity contribution is 0.169. The summed E-state index contributed by atoms with van der Waals surface area (Å²) in [4.78, 5) is 6.41. The number of aliphatic hydroxyl groups is 1. The van der Waals surface area contributed by atoms with Crippen LogP contribution in [0.3, 0.4) is 0 Å². The summed E-state index contributed by atoms with van der Waals surface area (Å²) in [6.07, 6.45) is 2.07. The van der Waals surface area contributed by atoms with E-state index in [0.29, 0.717) is 12.5 Å². The Kier molecular flexibility index (Phi) is 4.09. The zero-order valence-corrected chi connectivity index (χ0v) is 9.94. The molecule has 0 aromatic carbocycles. The van der Waals surface area contributed by atoms with E-state index < -0.39 is 6.10 Å². The van der Waals surface area contributed by atoms with Crippen molar-refractivity contribution in [3.8, 4) is 0 Å². The van der Waals surface area contributed by atoms with Gasteiger partial charge in [0.25, 0.3) is 0 Å². The van der Waals surface area contributed by atoms with Gasteiger partial charge in [-0.2, -0.15) is 0 Å². The van der Waals surface area contributed by atoms with E-state index in [1.807, 2.05) is 32.3 Å². The summed E-state index contributed by atoms with van der Waals surface area (Å²) in [5.41, 5.74) is 1.83. The first-order valence-electron chi connectivity index (χ1n) is 5.43. The van der Waals surface area contributed by atoms with Crippen LogP contribution in [0.1, 0.15) is 39.0 Å². The molecule has 0 unspecified atom stereocenters. The highest BCUT2D eigenvalue weighted by molar-refractivity contribution is 5.44. The summed E-state index contributed by atoms with van der Waals surface area (Å²) < 4.78 is 0.